The van der Waals surface area contributed by atoms with E-state index in [1.165, 1.54) is 7.11 Å². The highest BCUT2D eigenvalue weighted by atomic mass is 79.9. The number of aromatic carboxylic acids is 1. The Hall–Kier alpha value is -1.53. The van der Waals surface area contributed by atoms with Crippen LogP contribution in [0.15, 0.2) is 45.3 Å². The molecule has 0 aromatic heterocycles. The Morgan fingerprint density at radius 2 is 1.86 bits per heavy atom. The van der Waals surface area contributed by atoms with Crippen LogP contribution < -0.4 is 9.47 Å². The Bertz CT molecular complexity index is 671. The van der Waals surface area contributed by atoms with Crippen molar-refractivity contribution in [2.75, 3.05) is 7.11 Å². The van der Waals surface area contributed by atoms with Gasteiger partial charge >= 0.3 is 5.97 Å². The summed E-state index contributed by atoms with van der Waals surface area (Å²) in [6.07, 6.45) is 0. The molecule has 0 saturated heterocycles. The van der Waals surface area contributed by atoms with Crippen molar-refractivity contribution in [2.45, 2.75) is 6.61 Å². The molecule has 0 aliphatic heterocycles. The predicted molar refractivity (Wildman–Crippen MR) is 86.1 cm³/mol. The molecule has 6 heteroatoms. The van der Waals surface area contributed by atoms with E-state index >= 15 is 0 Å². The number of carboxylic acids is 1. The minimum Gasteiger partial charge on any atom is -0.496 e. The van der Waals surface area contributed by atoms with Crippen LogP contribution in [-0.4, -0.2) is 18.2 Å². The third kappa shape index (κ3) is 3.98. The van der Waals surface area contributed by atoms with E-state index in [2.05, 4.69) is 31.9 Å². The highest BCUT2D eigenvalue weighted by molar-refractivity contribution is 9.11. The molecular weight excluding hydrogens is 404 g/mol. The quantitative estimate of drug-likeness (QED) is 0.781. The molecule has 0 unspecified atom stereocenters. The van der Waals surface area contributed by atoms with Crippen LogP contribution >= 0.6 is 31.9 Å². The second-order valence-corrected chi connectivity index (χ2v) is 5.97. The first kappa shape index (κ1) is 15.9. The lowest BCUT2D eigenvalue weighted by atomic mass is 10.1. The van der Waals surface area contributed by atoms with E-state index in [-0.39, 0.29) is 12.2 Å². The Morgan fingerprint density at radius 3 is 2.48 bits per heavy atom. The minimum absolute atomic E-state index is 0.119. The largest absolute Gasteiger partial charge is 0.496 e. The number of halogens is 2. The predicted octanol–water partition coefficient (Wildman–Crippen LogP) is 4.50. The summed E-state index contributed by atoms with van der Waals surface area (Å²) in [5.41, 5.74) is 0.872. The zero-order valence-electron chi connectivity index (χ0n) is 11.1. The number of hydrogen-bond acceptors (Lipinski definition) is 3. The number of benzene rings is 2. The third-order valence-corrected chi connectivity index (χ3v) is 3.90. The van der Waals surface area contributed by atoms with Crippen molar-refractivity contribution in [3.8, 4) is 11.5 Å². The standard InChI is InChI=1S/C15H12Br2O4/c1-20-13-4-2-9(6-11(13)15(18)19)8-21-14-5-3-10(16)7-12(14)17/h2-7H,8H2,1H3,(H,18,19). The average molecular weight is 416 g/mol. The number of methoxy groups -OCH3 is 1. The molecular formula is C15H12Br2O4. The van der Waals surface area contributed by atoms with Crippen LogP contribution in [0.4, 0.5) is 0 Å². The van der Waals surface area contributed by atoms with Gasteiger partial charge in [0, 0.05) is 4.47 Å². The molecule has 0 bridgehead atoms. The van der Waals surface area contributed by atoms with Crippen molar-refractivity contribution in [1.82, 2.24) is 0 Å². The normalized spacial score (nSPS) is 10.2. The van der Waals surface area contributed by atoms with Gasteiger partial charge in [0.2, 0.25) is 0 Å². The van der Waals surface area contributed by atoms with Crippen LogP contribution in [0, 0.1) is 0 Å². The van der Waals surface area contributed by atoms with Crippen LogP contribution in [0.25, 0.3) is 0 Å². The number of rotatable bonds is 5. The Morgan fingerprint density at radius 1 is 1.14 bits per heavy atom. The Balaban J connectivity index is 2.16. The first-order chi connectivity index (χ1) is 10.0. The first-order valence-electron chi connectivity index (χ1n) is 5.99. The van der Waals surface area contributed by atoms with Crippen molar-refractivity contribution >= 4 is 37.8 Å². The van der Waals surface area contributed by atoms with Gasteiger partial charge in [0.25, 0.3) is 0 Å². The summed E-state index contributed by atoms with van der Waals surface area (Å²) in [7, 11) is 1.44. The molecule has 0 heterocycles. The fourth-order valence-electron chi connectivity index (χ4n) is 1.77. The Labute approximate surface area is 139 Å². The number of hydrogen-bond donors (Lipinski definition) is 1. The summed E-state index contributed by atoms with van der Waals surface area (Å²) >= 11 is 6.78. The zero-order valence-corrected chi connectivity index (χ0v) is 14.3. The highest BCUT2D eigenvalue weighted by Gasteiger charge is 2.12. The fourth-order valence-corrected chi connectivity index (χ4v) is 2.93. The van der Waals surface area contributed by atoms with Crippen molar-refractivity contribution in [1.29, 1.82) is 0 Å². The third-order valence-electron chi connectivity index (χ3n) is 2.78. The molecule has 0 atom stereocenters. The van der Waals surface area contributed by atoms with Crippen molar-refractivity contribution in [3.05, 3.63) is 56.5 Å². The van der Waals surface area contributed by atoms with Crippen LogP contribution in [0.2, 0.25) is 0 Å². The molecule has 0 aliphatic rings. The lowest BCUT2D eigenvalue weighted by Crippen LogP contribution is -2.03. The smallest absolute Gasteiger partial charge is 0.339 e. The summed E-state index contributed by atoms with van der Waals surface area (Å²) in [5.74, 6) is -0.0134. The second-order valence-electron chi connectivity index (χ2n) is 4.20. The van der Waals surface area contributed by atoms with E-state index in [9.17, 15) is 4.79 Å². The van der Waals surface area contributed by atoms with Gasteiger partial charge in [-0.15, -0.1) is 0 Å². The summed E-state index contributed by atoms with van der Waals surface area (Å²) < 4.78 is 12.5. The van der Waals surface area contributed by atoms with E-state index in [4.69, 9.17) is 14.6 Å². The lowest BCUT2D eigenvalue weighted by Gasteiger charge is -2.10. The summed E-state index contributed by atoms with van der Waals surface area (Å²) in [4.78, 5) is 11.2. The van der Waals surface area contributed by atoms with Crippen molar-refractivity contribution < 1.29 is 19.4 Å². The maximum Gasteiger partial charge on any atom is 0.339 e. The molecule has 2 aromatic carbocycles. The van der Waals surface area contributed by atoms with E-state index in [1.807, 2.05) is 18.2 Å². The zero-order chi connectivity index (χ0) is 15.4. The molecule has 0 aliphatic carbocycles. The topological polar surface area (TPSA) is 55.8 Å². The van der Waals surface area contributed by atoms with Gasteiger partial charge in [-0.25, -0.2) is 4.79 Å². The molecule has 1 N–H and O–H groups in total. The fraction of sp³-hybridized carbons (Fsp3) is 0.133. The van der Waals surface area contributed by atoms with E-state index < -0.39 is 5.97 Å². The first-order valence-corrected chi connectivity index (χ1v) is 7.58. The van der Waals surface area contributed by atoms with Gasteiger partial charge in [0.1, 0.15) is 23.7 Å². The van der Waals surface area contributed by atoms with Gasteiger partial charge in [-0.2, -0.15) is 0 Å². The SMILES string of the molecule is COc1ccc(COc2ccc(Br)cc2Br)cc1C(=O)O. The molecule has 0 spiro atoms. The van der Waals surface area contributed by atoms with Gasteiger partial charge in [-0.1, -0.05) is 22.0 Å². The molecule has 21 heavy (non-hydrogen) atoms. The lowest BCUT2D eigenvalue weighted by molar-refractivity contribution is 0.0693. The molecule has 2 aromatic rings. The van der Waals surface area contributed by atoms with Gasteiger partial charge in [-0.3, -0.25) is 0 Å². The number of carbonyl (C=O) groups is 1. The maximum atomic E-state index is 11.2. The van der Waals surface area contributed by atoms with Gasteiger partial charge in [0.15, 0.2) is 0 Å². The molecule has 0 saturated carbocycles. The number of carboxylic acid groups (broad SMARTS) is 1. The molecule has 110 valence electrons. The molecule has 4 nitrogen and oxygen atoms in total. The van der Waals surface area contributed by atoms with E-state index in [0.717, 1.165) is 14.5 Å². The molecule has 0 amide bonds. The summed E-state index contributed by atoms with van der Waals surface area (Å²) in [6, 6.07) is 10.5. The highest BCUT2D eigenvalue weighted by Crippen LogP contribution is 2.29. The molecule has 0 radical (unpaired) electrons. The van der Waals surface area contributed by atoms with E-state index in [1.54, 1.807) is 18.2 Å². The second kappa shape index (κ2) is 6.95. The van der Waals surface area contributed by atoms with E-state index in [0.29, 0.717) is 11.5 Å². The minimum atomic E-state index is -1.03. The van der Waals surface area contributed by atoms with Gasteiger partial charge in [-0.05, 0) is 51.8 Å². The van der Waals surface area contributed by atoms with Crippen LogP contribution in [0.1, 0.15) is 15.9 Å². The van der Waals surface area contributed by atoms with Gasteiger partial charge < -0.3 is 14.6 Å². The van der Waals surface area contributed by atoms with Crippen molar-refractivity contribution in [3.63, 3.8) is 0 Å². The van der Waals surface area contributed by atoms with Crippen LogP contribution in [0.5, 0.6) is 11.5 Å². The van der Waals surface area contributed by atoms with Crippen molar-refractivity contribution in [2.24, 2.45) is 0 Å². The number of ether oxygens (including phenoxy) is 2. The summed E-state index contributed by atoms with van der Waals surface area (Å²) in [5, 5.41) is 9.15. The Kier molecular flexibility index (Phi) is 5.25. The summed E-state index contributed by atoms with van der Waals surface area (Å²) in [6.45, 7) is 0.268. The molecule has 2 rings (SSSR count). The van der Waals surface area contributed by atoms with Gasteiger partial charge in [0.05, 0.1) is 11.6 Å². The van der Waals surface area contributed by atoms with Crippen LogP contribution in [0.3, 0.4) is 0 Å². The average Bonchev–Trinajstić information content (AvgIpc) is 2.46. The van der Waals surface area contributed by atoms with Crippen LogP contribution in [-0.2, 0) is 6.61 Å². The maximum absolute atomic E-state index is 11.2. The monoisotopic (exact) mass is 414 g/mol. The molecule has 0 fully saturated rings.